The van der Waals surface area contributed by atoms with Gasteiger partial charge in [0.05, 0.1) is 17.4 Å². The molecule has 0 radical (unpaired) electrons. The molecule has 7 nitrogen and oxygen atoms in total. The molecule has 1 fully saturated rings. The molecule has 156 valence electrons. The van der Waals surface area contributed by atoms with Crippen molar-refractivity contribution in [1.29, 1.82) is 0 Å². The van der Waals surface area contributed by atoms with Crippen LogP contribution >= 0.6 is 11.6 Å². The topological polar surface area (TPSA) is 94.2 Å². The first-order valence-corrected chi connectivity index (χ1v) is 9.98. The van der Waals surface area contributed by atoms with E-state index in [1.165, 1.54) is 12.1 Å². The van der Waals surface area contributed by atoms with Crippen LogP contribution in [0.15, 0.2) is 45.6 Å². The normalized spacial score (nSPS) is 14.3. The first-order valence-electron chi connectivity index (χ1n) is 9.60. The lowest BCUT2D eigenvalue weighted by molar-refractivity contribution is -0.130. The van der Waals surface area contributed by atoms with Crippen LogP contribution in [0, 0.1) is 6.92 Å². The van der Waals surface area contributed by atoms with Gasteiger partial charge in [-0.2, -0.15) is 0 Å². The third-order valence-corrected chi connectivity index (χ3v) is 5.75. The maximum atomic E-state index is 12.8. The van der Waals surface area contributed by atoms with Gasteiger partial charge in [-0.25, -0.2) is 4.79 Å². The predicted octanol–water partition coefficient (Wildman–Crippen LogP) is 3.06. The summed E-state index contributed by atoms with van der Waals surface area (Å²) in [4.78, 5) is 29.2. The van der Waals surface area contributed by atoms with Gasteiger partial charge in [-0.1, -0.05) is 11.6 Å². The highest BCUT2D eigenvalue weighted by molar-refractivity contribution is 6.30. The van der Waals surface area contributed by atoms with Crippen molar-refractivity contribution in [3.05, 3.63) is 63.0 Å². The van der Waals surface area contributed by atoms with Crippen LogP contribution in [-0.2, 0) is 11.2 Å². The van der Waals surface area contributed by atoms with Crippen LogP contribution in [-0.4, -0.2) is 47.2 Å². The Bertz CT molecular complexity index is 1160. The van der Waals surface area contributed by atoms with Gasteiger partial charge < -0.3 is 24.4 Å². The molecule has 1 aliphatic heterocycles. The number of carbonyl (C=O) groups is 1. The van der Waals surface area contributed by atoms with Crippen LogP contribution in [0.25, 0.3) is 11.0 Å². The van der Waals surface area contributed by atoms with E-state index in [2.05, 4.69) is 4.90 Å². The summed E-state index contributed by atoms with van der Waals surface area (Å²) in [6.07, 6.45) is -0.106. The number of anilines is 1. The minimum atomic E-state index is -0.641. The fraction of sp³-hybridized carbons (Fsp3) is 0.273. The number of amides is 1. The zero-order valence-corrected chi connectivity index (χ0v) is 17.1. The Morgan fingerprint density at radius 2 is 1.77 bits per heavy atom. The monoisotopic (exact) mass is 428 g/mol. The molecule has 0 bridgehead atoms. The summed E-state index contributed by atoms with van der Waals surface area (Å²) in [5, 5.41) is 20.8. The van der Waals surface area contributed by atoms with E-state index in [-0.39, 0.29) is 35.0 Å². The Balaban J connectivity index is 1.50. The lowest BCUT2D eigenvalue weighted by atomic mass is 10.0. The summed E-state index contributed by atoms with van der Waals surface area (Å²) in [5.41, 5.74) is 1.19. The average Bonchev–Trinajstić information content (AvgIpc) is 2.71. The Hall–Kier alpha value is -3.19. The molecule has 1 saturated heterocycles. The molecule has 1 amide bonds. The van der Waals surface area contributed by atoms with E-state index in [4.69, 9.17) is 16.0 Å². The van der Waals surface area contributed by atoms with E-state index in [1.807, 2.05) is 24.3 Å². The van der Waals surface area contributed by atoms with E-state index >= 15 is 0 Å². The van der Waals surface area contributed by atoms with Crippen LogP contribution in [0.3, 0.4) is 0 Å². The number of nitrogens with zero attached hydrogens (tertiary/aromatic N) is 2. The Labute approximate surface area is 177 Å². The van der Waals surface area contributed by atoms with Crippen molar-refractivity contribution >= 4 is 34.2 Å². The van der Waals surface area contributed by atoms with Crippen LogP contribution in [0.4, 0.5) is 5.69 Å². The molecule has 30 heavy (non-hydrogen) atoms. The van der Waals surface area contributed by atoms with E-state index in [1.54, 1.807) is 11.8 Å². The quantitative estimate of drug-likeness (QED) is 0.623. The fourth-order valence-electron chi connectivity index (χ4n) is 3.84. The van der Waals surface area contributed by atoms with Gasteiger partial charge in [0.15, 0.2) is 0 Å². The number of halogens is 1. The zero-order valence-electron chi connectivity index (χ0n) is 16.4. The molecule has 0 atom stereocenters. The summed E-state index contributed by atoms with van der Waals surface area (Å²) in [6.45, 7) is 4.10. The average molecular weight is 429 g/mol. The first-order chi connectivity index (χ1) is 14.3. The highest BCUT2D eigenvalue weighted by Crippen LogP contribution is 2.32. The van der Waals surface area contributed by atoms with Gasteiger partial charge in [0, 0.05) is 49.0 Å². The highest BCUT2D eigenvalue weighted by atomic mass is 35.5. The van der Waals surface area contributed by atoms with E-state index in [0.29, 0.717) is 42.2 Å². The molecule has 0 saturated carbocycles. The van der Waals surface area contributed by atoms with Crippen molar-refractivity contribution in [2.75, 3.05) is 31.1 Å². The Morgan fingerprint density at radius 3 is 2.43 bits per heavy atom. The lowest BCUT2D eigenvalue weighted by Crippen LogP contribution is -2.49. The highest BCUT2D eigenvalue weighted by Gasteiger charge is 2.24. The number of aromatic hydroxyl groups is 2. The number of phenols is 2. The van der Waals surface area contributed by atoms with Crippen molar-refractivity contribution in [2.45, 2.75) is 13.3 Å². The van der Waals surface area contributed by atoms with Crippen LogP contribution < -0.4 is 10.5 Å². The van der Waals surface area contributed by atoms with Crippen molar-refractivity contribution < 1.29 is 19.4 Å². The van der Waals surface area contributed by atoms with E-state index < -0.39 is 5.63 Å². The molecule has 0 unspecified atom stereocenters. The standard InChI is InChI=1S/C22H21ClN2O5/c1-13-17(22(29)30-19-11-16(26)10-18(27)21(13)19)12-20(28)25-8-6-24(7-9-25)15-4-2-14(23)3-5-15/h2-5,10-11,26-27H,6-9,12H2,1H3. The number of hydrogen-bond acceptors (Lipinski definition) is 6. The molecule has 3 aromatic rings. The molecule has 8 heteroatoms. The number of rotatable bonds is 3. The molecule has 0 aliphatic carbocycles. The molecular weight excluding hydrogens is 408 g/mol. The van der Waals surface area contributed by atoms with Crippen molar-refractivity contribution in [3.8, 4) is 11.5 Å². The van der Waals surface area contributed by atoms with Gasteiger partial charge in [-0.05, 0) is 36.8 Å². The van der Waals surface area contributed by atoms with Gasteiger partial charge in [0.25, 0.3) is 0 Å². The second kappa shape index (κ2) is 7.91. The molecule has 0 spiro atoms. The van der Waals surface area contributed by atoms with Crippen LogP contribution in [0.2, 0.25) is 5.02 Å². The summed E-state index contributed by atoms with van der Waals surface area (Å²) >= 11 is 5.94. The van der Waals surface area contributed by atoms with Crippen LogP contribution in [0.1, 0.15) is 11.1 Å². The van der Waals surface area contributed by atoms with E-state index in [0.717, 1.165) is 5.69 Å². The molecule has 1 aromatic heterocycles. The van der Waals surface area contributed by atoms with Gasteiger partial charge in [0.1, 0.15) is 17.1 Å². The first kappa shape index (κ1) is 20.1. The minimum absolute atomic E-state index is 0.0859. The summed E-state index contributed by atoms with van der Waals surface area (Å²) in [5.74, 6) is -0.569. The van der Waals surface area contributed by atoms with Crippen molar-refractivity contribution in [1.82, 2.24) is 4.90 Å². The van der Waals surface area contributed by atoms with Crippen molar-refractivity contribution in [3.63, 3.8) is 0 Å². The number of aryl methyl sites for hydroxylation is 1. The van der Waals surface area contributed by atoms with Gasteiger partial charge in [-0.3, -0.25) is 4.79 Å². The Kier molecular flexibility index (Phi) is 5.30. The molecule has 1 aliphatic rings. The van der Waals surface area contributed by atoms with Gasteiger partial charge in [0.2, 0.25) is 5.91 Å². The summed E-state index contributed by atoms with van der Waals surface area (Å²) in [6, 6.07) is 10.0. The van der Waals surface area contributed by atoms with E-state index in [9.17, 15) is 19.8 Å². The second-order valence-corrected chi connectivity index (χ2v) is 7.79. The molecule has 2 N–H and O–H groups in total. The molecule has 2 aromatic carbocycles. The third-order valence-electron chi connectivity index (χ3n) is 5.49. The Morgan fingerprint density at radius 1 is 1.10 bits per heavy atom. The maximum Gasteiger partial charge on any atom is 0.340 e. The number of hydrogen-bond donors (Lipinski definition) is 2. The smallest absolute Gasteiger partial charge is 0.340 e. The maximum absolute atomic E-state index is 12.8. The summed E-state index contributed by atoms with van der Waals surface area (Å²) in [7, 11) is 0. The summed E-state index contributed by atoms with van der Waals surface area (Å²) < 4.78 is 5.24. The number of piperazine rings is 1. The SMILES string of the molecule is Cc1c(CC(=O)N2CCN(c3ccc(Cl)cc3)CC2)c(=O)oc2cc(O)cc(O)c12. The minimum Gasteiger partial charge on any atom is -0.508 e. The largest absolute Gasteiger partial charge is 0.508 e. The van der Waals surface area contributed by atoms with Gasteiger partial charge >= 0.3 is 5.63 Å². The zero-order chi connectivity index (χ0) is 21.4. The molecule has 4 rings (SSSR count). The molecular formula is C22H21ClN2O5. The molecule has 2 heterocycles. The number of benzene rings is 2. The number of carbonyl (C=O) groups excluding carboxylic acids is 1. The lowest BCUT2D eigenvalue weighted by Gasteiger charge is -2.36. The fourth-order valence-corrected chi connectivity index (χ4v) is 3.97. The third kappa shape index (κ3) is 3.80. The van der Waals surface area contributed by atoms with Gasteiger partial charge in [-0.15, -0.1) is 0 Å². The second-order valence-electron chi connectivity index (χ2n) is 7.35. The van der Waals surface area contributed by atoms with Crippen molar-refractivity contribution in [2.24, 2.45) is 0 Å². The van der Waals surface area contributed by atoms with Crippen LogP contribution in [0.5, 0.6) is 11.5 Å². The predicted molar refractivity (Wildman–Crippen MR) is 114 cm³/mol. The number of phenolic OH excluding ortho intramolecular Hbond substituents is 2. The number of fused-ring (bicyclic) bond motifs is 1.